The van der Waals surface area contributed by atoms with Crippen molar-refractivity contribution in [2.45, 2.75) is 6.42 Å². The number of halogens is 2. The fraction of sp³-hybridized carbons (Fsp3) is 0.118. The van der Waals surface area contributed by atoms with Gasteiger partial charge in [-0.1, -0.05) is 29.3 Å². The molecular formula is C17H14Cl2N2O4. The van der Waals surface area contributed by atoms with Crippen molar-refractivity contribution >= 4 is 40.5 Å². The Morgan fingerprint density at radius 3 is 2.68 bits per heavy atom. The van der Waals surface area contributed by atoms with Crippen molar-refractivity contribution in [3.63, 3.8) is 0 Å². The minimum absolute atomic E-state index is 0.0541. The smallest absolute Gasteiger partial charge is 0.269 e. The number of carbonyl (C=O) groups is 1. The van der Waals surface area contributed by atoms with Gasteiger partial charge in [0.25, 0.3) is 11.6 Å². The van der Waals surface area contributed by atoms with Crippen LogP contribution in [0.2, 0.25) is 10.0 Å². The molecule has 1 N–H and O–H groups in total. The zero-order valence-corrected chi connectivity index (χ0v) is 14.5. The molecule has 2 aromatic carbocycles. The number of nitrogens with one attached hydrogen (secondary N) is 1. The molecule has 0 aliphatic rings. The van der Waals surface area contributed by atoms with Crippen LogP contribution in [0, 0.1) is 10.1 Å². The molecule has 2 aromatic rings. The SMILES string of the molecule is C=CCc1cc([N+](=O)[O-])ccc1OCC(=O)Nc1ccc(Cl)cc1Cl. The number of hydrogen-bond donors (Lipinski definition) is 1. The first-order valence-electron chi connectivity index (χ1n) is 7.16. The van der Waals surface area contributed by atoms with Gasteiger partial charge in [-0.2, -0.15) is 0 Å². The van der Waals surface area contributed by atoms with Crippen LogP contribution in [0.4, 0.5) is 11.4 Å². The van der Waals surface area contributed by atoms with E-state index in [1.54, 1.807) is 18.2 Å². The van der Waals surface area contributed by atoms with Gasteiger partial charge in [0.2, 0.25) is 0 Å². The van der Waals surface area contributed by atoms with Gasteiger partial charge in [-0.3, -0.25) is 14.9 Å². The fourth-order valence-electron chi connectivity index (χ4n) is 2.06. The number of ether oxygens (including phenoxy) is 1. The van der Waals surface area contributed by atoms with Gasteiger partial charge in [0.15, 0.2) is 6.61 Å². The molecule has 1 amide bonds. The van der Waals surface area contributed by atoms with E-state index in [0.717, 1.165) is 0 Å². The lowest BCUT2D eigenvalue weighted by atomic mass is 10.1. The number of amides is 1. The lowest BCUT2D eigenvalue weighted by molar-refractivity contribution is -0.384. The van der Waals surface area contributed by atoms with Gasteiger partial charge in [-0.15, -0.1) is 6.58 Å². The molecular weight excluding hydrogens is 367 g/mol. The van der Waals surface area contributed by atoms with Gasteiger partial charge < -0.3 is 10.1 Å². The summed E-state index contributed by atoms with van der Waals surface area (Å²) in [6.45, 7) is 3.33. The number of carbonyl (C=O) groups excluding carboxylic acids is 1. The quantitative estimate of drug-likeness (QED) is 0.430. The zero-order chi connectivity index (χ0) is 18.4. The van der Waals surface area contributed by atoms with Gasteiger partial charge in [-0.05, 0) is 30.7 Å². The van der Waals surface area contributed by atoms with E-state index in [0.29, 0.717) is 33.5 Å². The van der Waals surface area contributed by atoms with Crippen LogP contribution in [0.5, 0.6) is 5.75 Å². The average Bonchev–Trinajstić information content (AvgIpc) is 2.56. The van der Waals surface area contributed by atoms with Gasteiger partial charge >= 0.3 is 0 Å². The second kappa shape index (κ2) is 8.50. The molecule has 8 heteroatoms. The van der Waals surface area contributed by atoms with Gasteiger partial charge in [0.1, 0.15) is 5.75 Å². The highest BCUT2D eigenvalue weighted by Gasteiger charge is 2.13. The van der Waals surface area contributed by atoms with Crippen LogP contribution in [0.15, 0.2) is 49.1 Å². The van der Waals surface area contributed by atoms with Crippen LogP contribution in [0.1, 0.15) is 5.56 Å². The third kappa shape index (κ3) is 5.20. The number of anilines is 1. The van der Waals surface area contributed by atoms with E-state index in [2.05, 4.69) is 11.9 Å². The highest BCUT2D eigenvalue weighted by atomic mass is 35.5. The molecule has 2 rings (SSSR count). The minimum Gasteiger partial charge on any atom is -0.483 e. The Morgan fingerprint density at radius 1 is 1.28 bits per heavy atom. The highest BCUT2D eigenvalue weighted by Crippen LogP contribution is 2.26. The van der Waals surface area contributed by atoms with E-state index in [1.807, 2.05) is 0 Å². The van der Waals surface area contributed by atoms with Crippen LogP contribution < -0.4 is 10.1 Å². The molecule has 0 spiro atoms. The summed E-state index contributed by atoms with van der Waals surface area (Å²) in [5, 5.41) is 14.2. The summed E-state index contributed by atoms with van der Waals surface area (Å²) in [7, 11) is 0. The summed E-state index contributed by atoms with van der Waals surface area (Å²) in [6, 6.07) is 8.86. The number of nitro benzene ring substituents is 1. The van der Waals surface area contributed by atoms with Crippen molar-refractivity contribution in [1.29, 1.82) is 0 Å². The third-order valence-electron chi connectivity index (χ3n) is 3.18. The first-order valence-corrected chi connectivity index (χ1v) is 7.92. The van der Waals surface area contributed by atoms with Gasteiger partial charge in [-0.25, -0.2) is 0 Å². The van der Waals surface area contributed by atoms with E-state index in [-0.39, 0.29) is 12.3 Å². The van der Waals surface area contributed by atoms with Crippen molar-refractivity contribution in [2.24, 2.45) is 0 Å². The van der Waals surface area contributed by atoms with Crippen molar-refractivity contribution < 1.29 is 14.5 Å². The standard InChI is InChI=1S/C17H14Cl2N2O4/c1-2-3-11-8-13(21(23)24)5-7-16(11)25-10-17(22)20-15-6-4-12(18)9-14(15)19/h2,4-9H,1,3,10H2,(H,20,22). The van der Waals surface area contributed by atoms with Crippen LogP contribution in [0.3, 0.4) is 0 Å². The first kappa shape index (κ1) is 18.8. The van der Waals surface area contributed by atoms with E-state index >= 15 is 0 Å². The lowest BCUT2D eigenvalue weighted by Crippen LogP contribution is -2.20. The van der Waals surface area contributed by atoms with Gasteiger partial charge in [0.05, 0.1) is 15.6 Å². The largest absolute Gasteiger partial charge is 0.483 e. The molecule has 0 fully saturated rings. The molecule has 0 atom stereocenters. The first-order chi connectivity index (χ1) is 11.9. The molecule has 25 heavy (non-hydrogen) atoms. The van der Waals surface area contributed by atoms with Crippen molar-refractivity contribution in [1.82, 2.24) is 0 Å². The Kier molecular flexibility index (Phi) is 6.38. The second-order valence-electron chi connectivity index (χ2n) is 5.00. The maximum atomic E-state index is 12.0. The topological polar surface area (TPSA) is 81.5 Å². The van der Waals surface area contributed by atoms with E-state index in [4.69, 9.17) is 27.9 Å². The predicted molar refractivity (Wildman–Crippen MR) is 97.6 cm³/mol. The number of benzene rings is 2. The van der Waals surface area contributed by atoms with Crippen LogP contribution >= 0.6 is 23.2 Å². The summed E-state index contributed by atoms with van der Waals surface area (Å²) in [5.41, 5.74) is 0.929. The number of rotatable bonds is 7. The monoisotopic (exact) mass is 380 g/mol. The number of non-ortho nitro benzene ring substituents is 1. The van der Waals surface area contributed by atoms with Crippen LogP contribution in [0.25, 0.3) is 0 Å². The average molecular weight is 381 g/mol. The number of nitrogens with zero attached hydrogens (tertiary/aromatic N) is 1. The summed E-state index contributed by atoms with van der Waals surface area (Å²) in [5.74, 6) is -0.0463. The fourth-order valence-corrected chi connectivity index (χ4v) is 2.51. The van der Waals surface area contributed by atoms with Crippen molar-refractivity contribution in [3.05, 3.63) is 74.8 Å². The number of nitro groups is 1. The zero-order valence-electron chi connectivity index (χ0n) is 13.0. The number of hydrogen-bond acceptors (Lipinski definition) is 4. The van der Waals surface area contributed by atoms with Crippen LogP contribution in [-0.2, 0) is 11.2 Å². The van der Waals surface area contributed by atoms with Crippen LogP contribution in [-0.4, -0.2) is 17.4 Å². The minimum atomic E-state index is -0.494. The van der Waals surface area contributed by atoms with E-state index in [1.165, 1.54) is 24.3 Å². The molecule has 0 bridgehead atoms. The van der Waals surface area contributed by atoms with Crippen molar-refractivity contribution in [3.8, 4) is 5.75 Å². The summed E-state index contributed by atoms with van der Waals surface area (Å²) < 4.78 is 5.47. The molecule has 130 valence electrons. The molecule has 0 heterocycles. The molecule has 0 saturated carbocycles. The Bertz CT molecular complexity index is 824. The third-order valence-corrected chi connectivity index (χ3v) is 3.73. The maximum absolute atomic E-state index is 12.0. The highest BCUT2D eigenvalue weighted by molar-refractivity contribution is 6.36. The Labute approximate surface area is 154 Å². The Balaban J connectivity index is 2.05. The molecule has 0 aliphatic carbocycles. The lowest BCUT2D eigenvalue weighted by Gasteiger charge is -2.11. The molecule has 0 radical (unpaired) electrons. The second-order valence-corrected chi connectivity index (χ2v) is 5.85. The number of allylic oxidation sites excluding steroid dienone is 1. The van der Waals surface area contributed by atoms with Crippen molar-refractivity contribution in [2.75, 3.05) is 11.9 Å². The molecule has 0 saturated heterocycles. The summed E-state index contributed by atoms with van der Waals surface area (Å²) in [6.07, 6.45) is 1.97. The maximum Gasteiger partial charge on any atom is 0.269 e. The predicted octanol–water partition coefficient (Wildman–Crippen LogP) is 4.65. The van der Waals surface area contributed by atoms with E-state index < -0.39 is 10.8 Å². The van der Waals surface area contributed by atoms with E-state index in [9.17, 15) is 14.9 Å². The molecule has 0 unspecified atom stereocenters. The molecule has 0 aromatic heterocycles. The summed E-state index contributed by atoms with van der Waals surface area (Å²) in [4.78, 5) is 22.4. The summed E-state index contributed by atoms with van der Waals surface area (Å²) >= 11 is 11.8. The Morgan fingerprint density at radius 2 is 2.04 bits per heavy atom. The normalized spacial score (nSPS) is 10.2. The van der Waals surface area contributed by atoms with Gasteiger partial charge in [0, 0.05) is 22.7 Å². The molecule has 6 nitrogen and oxygen atoms in total. The Hall–Kier alpha value is -2.57. The molecule has 0 aliphatic heterocycles.